The van der Waals surface area contributed by atoms with Gasteiger partial charge in [-0.25, -0.2) is 9.97 Å². The van der Waals surface area contributed by atoms with E-state index in [1.54, 1.807) is 11.3 Å². The number of anilines is 2. The third-order valence-electron chi connectivity index (χ3n) is 5.37. The molecule has 0 aliphatic carbocycles. The molecular formula is C24H22N6OS. The van der Waals surface area contributed by atoms with E-state index < -0.39 is 0 Å². The zero-order valence-corrected chi connectivity index (χ0v) is 18.6. The van der Waals surface area contributed by atoms with Crippen LogP contribution in [0.25, 0.3) is 16.2 Å². The average molecular weight is 443 g/mol. The Hall–Kier alpha value is -3.78. The minimum absolute atomic E-state index is 0.0360. The number of hydrogen-bond donors (Lipinski definition) is 2. The standard InChI is InChI=1S/C24H22N6OS/c1-15(23-26-14-27-29-23)10-21(31)17-11-19(28-18-6-4-3-5-7-18)24-25-12-20(30(24)13-17)22-9-8-16(2)32-22/h3-9,11-15,28H,10H2,1-2H3,(H,26,27,29). The molecule has 0 fully saturated rings. The number of nitrogens with one attached hydrogen (secondary N) is 2. The van der Waals surface area contributed by atoms with Crippen molar-refractivity contribution in [2.45, 2.75) is 26.2 Å². The molecule has 1 atom stereocenters. The van der Waals surface area contributed by atoms with Gasteiger partial charge in [-0.2, -0.15) is 5.10 Å². The van der Waals surface area contributed by atoms with Crippen LogP contribution < -0.4 is 5.32 Å². The van der Waals surface area contributed by atoms with Crippen molar-refractivity contribution >= 4 is 34.1 Å². The first-order valence-electron chi connectivity index (χ1n) is 10.4. The molecule has 5 rings (SSSR count). The Morgan fingerprint density at radius 1 is 1.19 bits per heavy atom. The van der Waals surface area contributed by atoms with Gasteiger partial charge in [0.15, 0.2) is 11.4 Å². The Morgan fingerprint density at radius 3 is 2.75 bits per heavy atom. The molecule has 0 radical (unpaired) electrons. The van der Waals surface area contributed by atoms with Gasteiger partial charge in [-0.1, -0.05) is 25.1 Å². The number of imidazole rings is 1. The number of nitrogens with zero attached hydrogens (tertiary/aromatic N) is 4. The minimum atomic E-state index is -0.0616. The fourth-order valence-corrected chi connectivity index (χ4v) is 4.58. The molecule has 5 aromatic rings. The summed E-state index contributed by atoms with van der Waals surface area (Å²) in [5.41, 5.74) is 4.08. The van der Waals surface area contributed by atoms with E-state index in [-0.39, 0.29) is 11.7 Å². The number of aryl methyl sites for hydroxylation is 1. The first-order valence-corrected chi connectivity index (χ1v) is 11.2. The molecule has 2 N–H and O–H groups in total. The largest absolute Gasteiger partial charge is 0.352 e. The summed E-state index contributed by atoms with van der Waals surface area (Å²) in [5, 5.41) is 10.2. The molecule has 0 bridgehead atoms. The van der Waals surface area contributed by atoms with Crippen LogP contribution in [-0.4, -0.2) is 30.3 Å². The molecular weight excluding hydrogens is 420 g/mol. The highest BCUT2D eigenvalue weighted by atomic mass is 32.1. The fourth-order valence-electron chi connectivity index (χ4n) is 3.71. The van der Waals surface area contributed by atoms with E-state index in [2.05, 4.69) is 44.5 Å². The molecule has 1 aromatic carbocycles. The number of pyridine rings is 1. The van der Waals surface area contributed by atoms with Crippen molar-refractivity contribution in [2.24, 2.45) is 0 Å². The van der Waals surface area contributed by atoms with Gasteiger partial charge >= 0.3 is 0 Å². The normalized spacial score (nSPS) is 12.2. The van der Waals surface area contributed by atoms with Crippen LogP contribution in [0.15, 0.2) is 67.3 Å². The average Bonchev–Trinajstić information content (AvgIpc) is 3.55. The topological polar surface area (TPSA) is 88.0 Å². The summed E-state index contributed by atoms with van der Waals surface area (Å²) in [6.07, 6.45) is 5.54. The zero-order chi connectivity index (χ0) is 22.1. The Bertz CT molecular complexity index is 1370. The molecule has 0 saturated heterocycles. The summed E-state index contributed by atoms with van der Waals surface area (Å²) in [7, 11) is 0. The number of benzene rings is 1. The van der Waals surface area contributed by atoms with Crippen molar-refractivity contribution < 1.29 is 4.79 Å². The second-order valence-electron chi connectivity index (χ2n) is 7.78. The Labute approximate surface area is 189 Å². The van der Waals surface area contributed by atoms with Gasteiger partial charge in [-0.15, -0.1) is 11.3 Å². The molecule has 0 aliphatic rings. The van der Waals surface area contributed by atoms with Crippen molar-refractivity contribution in [3.63, 3.8) is 0 Å². The minimum Gasteiger partial charge on any atom is -0.352 e. The van der Waals surface area contributed by atoms with Gasteiger partial charge in [0.2, 0.25) is 0 Å². The van der Waals surface area contributed by atoms with Gasteiger partial charge < -0.3 is 5.32 Å². The molecule has 0 amide bonds. The number of aromatic amines is 1. The van der Waals surface area contributed by atoms with Crippen molar-refractivity contribution in [3.05, 3.63) is 83.5 Å². The number of rotatable bonds is 7. The number of para-hydroxylation sites is 1. The maximum Gasteiger partial charge on any atom is 0.165 e. The lowest BCUT2D eigenvalue weighted by Crippen LogP contribution is -2.09. The fraction of sp³-hybridized carbons (Fsp3) is 0.167. The van der Waals surface area contributed by atoms with Crippen LogP contribution >= 0.6 is 11.3 Å². The highest BCUT2D eigenvalue weighted by molar-refractivity contribution is 7.15. The summed E-state index contributed by atoms with van der Waals surface area (Å²) < 4.78 is 2.00. The summed E-state index contributed by atoms with van der Waals surface area (Å²) in [5.74, 6) is 0.682. The number of thiophene rings is 1. The highest BCUT2D eigenvalue weighted by Crippen LogP contribution is 2.32. The number of aromatic nitrogens is 5. The lowest BCUT2D eigenvalue weighted by molar-refractivity contribution is 0.0974. The quantitative estimate of drug-likeness (QED) is 0.320. The Morgan fingerprint density at radius 2 is 2.03 bits per heavy atom. The maximum absolute atomic E-state index is 13.3. The first-order chi connectivity index (χ1) is 15.6. The summed E-state index contributed by atoms with van der Waals surface area (Å²) in [6, 6.07) is 16.0. The molecule has 0 aliphatic heterocycles. The van der Waals surface area contributed by atoms with E-state index in [4.69, 9.17) is 0 Å². The zero-order valence-electron chi connectivity index (χ0n) is 17.7. The second kappa shape index (κ2) is 8.39. The smallest absolute Gasteiger partial charge is 0.165 e. The Kier molecular flexibility index (Phi) is 5.28. The maximum atomic E-state index is 13.3. The number of H-pyrrole nitrogens is 1. The third-order valence-corrected chi connectivity index (χ3v) is 6.39. The van der Waals surface area contributed by atoms with Crippen molar-refractivity contribution in [2.75, 3.05) is 5.32 Å². The van der Waals surface area contributed by atoms with Gasteiger partial charge in [0, 0.05) is 34.7 Å². The molecule has 4 heterocycles. The van der Waals surface area contributed by atoms with E-state index in [0.717, 1.165) is 27.6 Å². The summed E-state index contributed by atoms with van der Waals surface area (Å²) >= 11 is 1.71. The van der Waals surface area contributed by atoms with Crippen LogP contribution in [0.4, 0.5) is 11.4 Å². The first kappa shape index (κ1) is 20.1. The molecule has 7 nitrogen and oxygen atoms in total. The van der Waals surface area contributed by atoms with Gasteiger partial charge in [0.25, 0.3) is 0 Å². The van der Waals surface area contributed by atoms with Crippen molar-refractivity contribution in [3.8, 4) is 10.6 Å². The SMILES string of the molecule is Cc1ccc(-c2cnc3c(Nc4ccccc4)cc(C(=O)CC(C)c4ncn[nH]4)cn23)s1. The third kappa shape index (κ3) is 3.92. The number of fused-ring (bicyclic) bond motifs is 1. The van der Waals surface area contributed by atoms with Crippen LogP contribution in [0, 0.1) is 6.92 Å². The molecule has 160 valence electrons. The van der Waals surface area contributed by atoms with Crippen LogP contribution in [0.3, 0.4) is 0 Å². The van der Waals surface area contributed by atoms with Gasteiger partial charge in [0.05, 0.1) is 22.5 Å². The predicted molar refractivity (Wildman–Crippen MR) is 127 cm³/mol. The molecule has 0 spiro atoms. The summed E-state index contributed by atoms with van der Waals surface area (Å²) in [4.78, 5) is 24.5. The van der Waals surface area contributed by atoms with E-state index in [1.165, 1.54) is 11.2 Å². The highest BCUT2D eigenvalue weighted by Gasteiger charge is 2.19. The number of Topliss-reactive ketones (excluding diaryl/α,β-unsaturated/α-hetero) is 1. The molecule has 32 heavy (non-hydrogen) atoms. The number of hydrogen-bond acceptors (Lipinski definition) is 6. The van der Waals surface area contributed by atoms with E-state index in [9.17, 15) is 4.79 Å². The number of ketones is 1. The van der Waals surface area contributed by atoms with E-state index in [1.807, 2.05) is 60.1 Å². The number of carbonyl (C=O) groups is 1. The molecule has 8 heteroatoms. The van der Waals surface area contributed by atoms with Crippen molar-refractivity contribution in [1.29, 1.82) is 0 Å². The lowest BCUT2D eigenvalue weighted by Gasteiger charge is -2.13. The van der Waals surface area contributed by atoms with Gasteiger partial charge in [0.1, 0.15) is 12.2 Å². The molecule has 1 unspecified atom stereocenters. The Balaban J connectivity index is 1.58. The van der Waals surface area contributed by atoms with E-state index in [0.29, 0.717) is 17.8 Å². The van der Waals surface area contributed by atoms with Gasteiger partial charge in [-0.3, -0.25) is 14.3 Å². The van der Waals surface area contributed by atoms with Gasteiger partial charge in [-0.05, 0) is 37.3 Å². The van der Waals surface area contributed by atoms with Crippen LogP contribution in [0.1, 0.15) is 40.3 Å². The second-order valence-corrected chi connectivity index (χ2v) is 9.07. The predicted octanol–water partition coefficient (Wildman–Crippen LogP) is 5.61. The molecule has 4 aromatic heterocycles. The summed E-state index contributed by atoms with van der Waals surface area (Å²) in [6.45, 7) is 4.05. The molecule has 0 saturated carbocycles. The lowest BCUT2D eigenvalue weighted by atomic mass is 10.00. The van der Waals surface area contributed by atoms with Crippen molar-refractivity contribution in [1.82, 2.24) is 24.6 Å². The van der Waals surface area contributed by atoms with Crippen LogP contribution in [0.5, 0.6) is 0 Å². The van der Waals surface area contributed by atoms with Crippen LogP contribution in [-0.2, 0) is 0 Å². The monoisotopic (exact) mass is 442 g/mol. The number of carbonyl (C=O) groups excluding carboxylic acids is 1. The van der Waals surface area contributed by atoms with E-state index >= 15 is 0 Å². The van der Waals surface area contributed by atoms with Crippen LogP contribution in [0.2, 0.25) is 0 Å².